The molecule has 2 fully saturated rings. The lowest BCUT2D eigenvalue weighted by Crippen LogP contribution is -2.47. The standard InChI is InChI=1S/C24H36N2O4/c1-2-29-21-9-11-22(12-10-21)30-18-23(27)25-20-14-16-26(17-15-20)24(28)13-8-19-6-4-3-5-7-19/h9-12,19-20H,2-8,13-18H2,1H3,(H,25,27). The third kappa shape index (κ3) is 7.22. The van der Waals surface area contributed by atoms with Crippen LogP contribution < -0.4 is 14.8 Å². The van der Waals surface area contributed by atoms with E-state index in [1.165, 1.54) is 32.1 Å². The second kappa shape index (κ2) is 11.8. The fourth-order valence-electron chi connectivity index (χ4n) is 4.45. The summed E-state index contributed by atoms with van der Waals surface area (Å²) in [4.78, 5) is 26.7. The molecule has 166 valence electrons. The zero-order valence-corrected chi connectivity index (χ0v) is 18.2. The van der Waals surface area contributed by atoms with Gasteiger partial charge >= 0.3 is 0 Å². The Hall–Kier alpha value is -2.24. The number of benzene rings is 1. The van der Waals surface area contributed by atoms with Crippen LogP contribution in [0.25, 0.3) is 0 Å². The largest absolute Gasteiger partial charge is 0.494 e. The van der Waals surface area contributed by atoms with E-state index in [9.17, 15) is 9.59 Å². The van der Waals surface area contributed by atoms with Crippen molar-refractivity contribution < 1.29 is 19.1 Å². The fourth-order valence-corrected chi connectivity index (χ4v) is 4.45. The van der Waals surface area contributed by atoms with Gasteiger partial charge in [-0.1, -0.05) is 32.1 Å². The molecular formula is C24H36N2O4. The average molecular weight is 417 g/mol. The van der Waals surface area contributed by atoms with E-state index < -0.39 is 0 Å². The van der Waals surface area contributed by atoms with Gasteiger partial charge in [0.25, 0.3) is 5.91 Å². The van der Waals surface area contributed by atoms with Crippen molar-refractivity contribution in [2.75, 3.05) is 26.3 Å². The number of carbonyl (C=O) groups excluding carboxylic acids is 2. The van der Waals surface area contributed by atoms with E-state index in [0.717, 1.165) is 44.0 Å². The molecule has 0 atom stereocenters. The number of carbonyl (C=O) groups is 2. The van der Waals surface area contributed by atoms with E-state index in [-0.39, 0.29) is 24.5 Å². The molecule has 6 nitrogen and oxygen atoms in total. The van der Waals surface area contributed by atoms with Crippen molar-refractivity contribution in [1.82, 2.24) is 10.2 Å². The summed E-state index contributed by atoms with van der Waals surface area (Å²) in [6.07, 6.45) is 9.93. The zero-order chi connectivity index (χ0) is 21.2. The van der Waals surface area contributed by atoms with Crippen molar-refractivity contribution in [2.45, 2.75) is 70.8 Å². The van der Waals surface area contributed by atoms with Crippen molar-refractivity contribution in [2.24, 2.45) is 5.92 Å². The Morgan fingerprint density at radius 2 is 1.60 bits per heavy atom. The molecule has 30 heavy (non-hydrogen) atoms. The Bertz CT molecular complexity index is 662. The maximum Gasteiger partial charge on any atom is 0.258 e. The van der Waals surface area contributed by atoms with Gasteiger partial charge in [-0.25, -0.2) is 0 Å². The number of nitrogens with zero attached hydrogens (tertiary/aromatic N) is 1. The van der Waals surface area contributed by atoms with Gasteiger partial charge in [0.2, 0.25) is 5.91 Å². The number of ether oxygens (including phenoxy) is 2. The van der Waals surface area contributed by atoms with Gasteiger partial charge < -0.3 is 19.7 Å². The van der Waals surface area contributed by atoms with Crippen molar-refractivity contribution >= 4 is 11.8 Å². The molecular weight excluding hydrogens is 380 g/mol. The van der Waals surface area contributed by atoms with Crippen molar-refractivity contribution in [3.05, 3.63) is 24.3 Å². The average Bonchev–Trinajstić information content (AvgIpc) is 2.78. The molecule has 0 radical (unpaired) electrons. The highest BCUT2D eigenvalue weighted by molar-refractivity contribution is 5.78. The smallest absolute Gasteiger partial charge is 0.258 e. The molecule has 2 amide bonds. The summed E-state index contributed by atoms with van der Waals surface area (Å²) in [5.41, 5.74) is 0. The Morgan fingerprint density at radius 1 is 0.967 bits per heavy atom. The van der Waals surface area contributed by atoms with Crippen LogP contribution in [0.2, 0.25) is 0 Å². The second-order valence-corrected chi connectivity index (χ2v) is 8.46. The molecule has 2 aliphatic rings. The van der Waals surface area contributed by atoms with E-state index in [4.69, 9.17) is 9.47 Å². The molecule has 1 aliphatic carbocycles. The topological polar surface area (TPSA) is 67.9 Å². The summed E-state index contributed by atoms with van der Waals surface area (Å²) in [6.45, 7) is 4.01. The van der Waals surface area contributed by atoms with Gasteiger partial charge in [-0.05, 0) is 56.4 Å². The highest BCUT2D eigenvalue weighted by Crippen LogP contribution is 2.27. The van der Waals surface area contributed by atoms with Gasteiger partial charge in [-0.15, -0.1) is 0 Å². The van der Waals surface area contributed by atoms with Gasteiger partial charge in [-0.2, -0.15) is 0 Å². The van der Waals surface area contributed by atoms with Crippen LogP contribution in [0.3, 0.4) is 0 Å². The van der Waals surface area contributed by atoms with Crippen molar-refractivity contribution in [3.63, 3.8) is 0 Å². The first-order valence-electron chi connectivity index (χ1n) is 11.6. The third-order valence-corrected chi connectivity index (χ3v) is 6.21. The molecule has 1 heterocycles. The number of piperidine rings is 1. The zero-order valence-electron chi connectivity index (χ0n) is 18.2. The van der Waals surface area contributed by atoms with E-state index in [2.05, 4.69) is 5.32 Å². The molecule has 0 aromatic heterocycles. The highest BCUT2D eigenvalue weighted by atomic mass is 16.5. The lowest BCUT2D eigenvalue weighted by molar-refractivity contribution is -0.132. The first-order valence-corrected chi connectivity index (χ1v) is 11.6. The molecule has 1 N–H and O–H groups in total. The predicted octanol–water partition coefficient (Wildman–Crippen LogP) is 3.93. The van der Waals surface area contributed by atoms with Gasteiger partial charge in [0.15, 0.2) is 6.61 Å². The van der Waals surface area contributed by atoms with E-state index in [1.807, 2.05) is 24.0 Å². The number of amides is 2. The second-order valence-electron chi connectivity index (χ2n) is 8.46. The van der Waals surface area contributed by atoms with Crippen molar-refractivity contribution in [1.29, 1.82) is 0 Å². The minimum absolute atomic E-state index is 0.00544. The molecule has 1 saturated heterocycles. The molecule has 1 aromatic rings. The van der Waals surface area contributed by atoms with Gasteiger partial charge in [0, 0.05) is 25.6 Å². The van der Waals surface area contributed by atoms with Crippen LogP contribution in [-0.4, -0.2) is 49.1 Å². The van der Waals surface area contributed by atoms with Gasteiger partial charge in [-0.3, -0.25) is 9.59 Å². The molecule has 1 aliphatic heterocycles. The van der Waals surface area contributed by atoms with Gasteiger partial charge in [0.05, 0.1) is 6.61 Å². The van der Waals surface area contributed by atoms with Crippen LogP contribution >= 0.6 is 0 Å². The minimum atomic E-state index is -0.119. The Kier molecular flexibility index (Phi) is 8.84. The van der Waals surface area contributed by atoms with Crippen LogP contribution in [0, 0.1) is 5.92 Å². The Morgan fingerprint density at radius 3 is 2.23 bits per heavy atom. The first-order chi connectivity index (χ1) is 14.6. The van der Waals surface area contributed by atoms with Crippen LogP contribution in [0.15, 0.2) is 24.3 Å². The number of likely N-dealkylation sites (tertiary alicyclic amines) is 1. The maximum atomic E-state index is 12.5. The maximum absolute atomic E-state index is 12.5. The minimum Gasteiger partial charge on any atom is -0.494 e. The molecule has 3 rings (SSSR count). The third-order valence-electron chi connectivity index (χ3n) is 6.21. The van der Waals surface area contributed by atoms with Crippen LogP contribution in [0.4, 0.5) is 0 Å². The molecule has 6 heteroatoms. The summed E-state index contributed by atoms with van der Waals surface area (Å²) in [5.74, 6) is 2.34. The molecule has 0 unspecified atom stereocenters. The SMILES string of the molecule is CCOc1ccc(OCC(=O)NC2CCN(C(=O)CCC3CCCCC3)CC2)cc1. The fraction of sp³-hybridized carbons (Fsp3) is 0.667. The number of hydrogen-bond donors (Lipinski definition) is 1. The Balaban J connectivity index is 1.30. The highest BCUT2D eigenvalue weighted by Gasteiger charge is 2.24. The normalized spacial score (nSPS) is 18.1. The summed E-state index contributed by atoms with van der Waals surface area (Å²) in [7, 11) is 0. The summed E-state index contributed by atoms with van der Waals surface area (Å²) < 4.78 is 11.0. The molecule has 1 aromatic carbocycles. The number of nitrogens with one attached hydrogen (secondary N) is 1. The van der Waals surface area contributed by atoms with Gasteiger partial charge in [0.1, 0.15) is 11.5 Å². The quantitative estimate of drug-likeness (QED) is 0.662. The Labute approximate surface area is 180 Å². The number of hydrogen-bond acceptors (Lipinski definition) is 4. The monoisotopic (exact) mass is 416 g/mol. The molecule has 1 saturated carbocycles. The molecule has 0 spiro atoms. The van der Waals surface area contributed by atoms with E-state index >= 15 is 0 Å². The molecule has 0 bridgehead atoms. The summed E-state index contributed by atoms with van der Waals surface area (Å²) in [6, 6.07) is 7.38. The van der Waals surface area contributed by atoms with E-state index in [1.54, 1.807) is 12.1 Å². The van der Waals surface area contributed by atoms with Crippen LogP contribution in [0.5, 0.6) is 11.5 Å². The van der Waals surface area contributed by atoms with Crippen LogP contribution in [0.1, 0.15) is 64.7 Å². The predicted molar refractivity (Wildman–Crippen MR) is 117 cm³/mol. The van der Waals surface area contributed by atoms with Crippen molar-refractivity contribution in [3.8, 4) is 11.5 Å². The summed E-state index contributed by atoms with van der Waals surface area (Å²) >= 11 is 0. The van der Waals surface area contributed by atoms with E-state index in [0.29, 0.717) is 18.8 Å². The first kappa shape index (κ1) is 22.4. The lowest BCUT2D eigenvalue weighted by atomic mass is 9.86. The lowest BCUT2D eigenvalue weighted by Gasteiger charge is -2.33. The number of rotatable bonds is 9. The van der Waals surface area contributed by atoms with Crippen LogP contribution in [-0.2, 0) is 9.59 Å². The summed E-state index contributed by atoms with van der Waals surface area (Å²) in [5, 5.41) is 3.04.